The van der Waals surface area contributed by atoms with Crippen molar-refractivity contribution < 1.29 is 22.5 Å². The second kappa shape index (κ2) is 13.2. The van der Waals surface area contributed by atoms with Crippen molar-refractivity contribution in [2.75, 3.05) is 11.9 Å². The van der Waals surface area contributed by atoms with Gasteiger partial charge in [-0.15, -0.1) is 0 Å². The quantitative estimate of drug-likeness (QED) is 0.187. The summed E-state index contributed by atoms with van der Waals surface area (Å²) in [5.74, 6) is 0.370. The Bertz CT molecular complexity index is 2240. The molecule has 1 N–H and O–H groups in total. The highest BCUT2D eigenvalue weighted by molar-refractivity contribution is 7.90. The van der Waals surface area contributed by atoms with Crippen molar-refractivity contribution in [3.63, 3.8) is 0 Å². The Morgan fingerprint density at radius 3 is 2.47 bits per heavy atom. The Hall–Kier alpha value is -5.56. The first-order valence-electron chi connectivity index (χ1n) is 16.0. The molecular formula is C36H35N7O5S. The minimum Gasteiger partial charge on any atom is -0.445 e. The molecule has 12 nitrogen and oxygen atoms in total. The lowest BCUT2D eigenvalue weighted by atomic mass is 10.00. The van der Waals surface area contributed by atoms with Crippen molar-refractivity contribution in [3.05, 3.63) is 108 Å². The number of likely N-dealkylation sites (tertiary alicyclic amines) is 1. The van der Waals surface area contributed by atoms with Gasteiger partial charge >= 0.3 is 6.09 Å². The van der Waals surface area contributed by atoms with Crippen LogP contribution in [-0.4, -0.2) is 62.1 Å². The predicted octanol–water partition coefficient (Wildman–Crippen LogP) is 6.60. The molecule has 1 amide bonds. The Kier molecular flexibility index (Phi) is 8.59. The highest BCUT2D eigenvalue weighted by Gasteiger charge is 2.31. The van der Waals surface area contributed by atoms with E-state index < -0.39 is 10.0 Å². The number of rotatable bonds is 8. The first-order valence-corrected chi connectivity index (χ1v) is 17.4. The molecule has 0 aliphatic carbocycles. The fourth-order valence-corrected chi connectivity index (χ4v) is 7.43. The number of aromatic nitrogens is 5. The maximum atomic E-state index is 14.0. The number of nitrogens with one attached hydrogen (secondary N) is 1. The summed E-state index contributed by atoms with van der Waals surface area (Å²) in [5.41, 5.74) is 4.90. The van der Waals surface area contributed by atoms with Crippen LogP contribution in [0.2, 0.25) is 0 Å². The van der Waals surface area contributed by atoms with Crippen LogP contribution in [0.25, 0.3) is 33.5 Å². The lowest BCUT2D eigenvalue weighted by Gasteiger charge is -2.37. The van der Waals surface area contributed by atoms with Crippen molar-refractivity contribution in [2.45, 2.75) is 57.2 Å². The largest absolute Gasteiger partial charge is 0.445 e. The van der Waals surface area contributed by atoms with E-state index in [4.69, 9.17) is 19.2 Å². The number of hydrogen-bond acceptors (Lipinski definition) is 10. The number of nitrogens with zero attached hydrogens (tertiary/aromatic N) is 6. The summed E-state index contributed by atoms with van der Waals surface area (Å²) in [6, 6.07) is 21.4. The average molecular weight is 678 g/mol. The Morgan fingerprint density at radius 2 is 1.73 bits per heavy atom. The number of hydrogen-bond donors (Lipinski definition) is 1. The molecule has 0 bridgehead atoms. The third-order valence-electron chi connectivity index (χ3n) is 8.83. The molecule has 5 heterocycles. The van der Waals surface area contributed by atoms with Crippen LogP contribution >= 0.6 is 0 Å². The topological polar surface area (TPSA) is 145 Å². The summed E-state index contributed by atoms with van der Waals surface area (Å²) in [5, 5.41) is 7.97. The van der Waals surface area contributed by atoms with E-state index in [1.54, 1.807) is 54.5 Å². The maximum Gasteiger partial charge on any atom is 0.410 e. The Labute approximate surface area is 283 Å². The van der Waals surface area contributed by atoms with Crippen LogP contribution in [0.4, 0.5) is 10.7 Å². The average Bonchev–Trinajstić information content (AvgIpc) is 3.73. The molecule has 2 aromatic carbocycles. The number of anilines is 1. The van der Waals surface area contributed by atoms with Gasteiger partial charge in [0.1, 0.15) is 12.9 Å². The highest BCUT2D eigenvalue weighted by atomic mass is 32.2. The van der Waals surface area contributed by atoms with Gasteiger partial charge in [-0.2, -0.15) is 0 Å². The van der Waals surface area contributed by atoms with E-state index in [-0.39, 0.29) is 35.3 Å². The van der Waals surface area contributed by atoms with E-state index in [0.29, 0.717) is 46.1 Å². The van der Waals surface area contributed by atoms with Crippen LogP contribution in [0.15, 0.2) is 101 Å². The second-order valence-corrected chi connectivity index (χ2v) is 14.0. The van der Waals surface area contributed by atoms with Crippen molar-refractivity contribution in [1.82, 2.24) is 29.0 Å². The lowest BCUT2D eigenvalue weighted by Crippen LogP contribution is -2.50. The van der Waals surface area contributed by atoms with Gasteiger partial charge in [0, 0.05) is 42.0 Å². The highest BCUT2D eigenvalue weighted by Crippen LogP contribution is 2.35. The number of carbonyl (C=O) groups excluding carboxylic acids is 1. The summed E-state index contributed by atoms with van der Waals surface area (Å²) < 4.78 is 40.0. The monoisotopic (exact) mass is 677 g/mol. The molecule has 1 fully saturated rings. The number of pyridine rings is 1. The molecule has 49 heavy (non-hydrogen) atoms. The van der Waals surface area contributed by atoms with Crippen LogP contribution in [0, 0.1) is 13.8 Å². The van der Waals surface area contributed by atoms with E-state index in [9.17, 15) is 13.2 Å². The maximum absolute atomic E-state index is 14.0. The first kappa shape index (κ1) is 32.0. The number of benzene rings is 2. The summed E-state index contributed by atoms with van der Waals surface area (Å²) in [4.78, 5) is 29.2. The number of amides is 1. The molecule has 0 unspecified atom stereocenters. The molecule has 6 aromatic rings. The number of fused-ring (bicyclic) bond motifs is 1. The van der Waals surface area contributed by atoms with E-state index in [1.165, 1.54) is 10.2 Å². The van der Waals surface area contributed by atoms with Gasteiger partial charge in [0.15, 0.2) is 5.65 Å². The summed E-state index contributed by atoms with van der Waals surface area (Å²) in [6.07, 6.45) is 5.98. The van der Waals surface area contributed by atoms with Crippen LogP contribution < -0.4 is 5.32 Å². The van der Waals surface area contributed by atoms with Gasteiger partial charge in [-0.1, -0.05) is 53.7 Å². The van der Waals surface area contributed by atoms with Gasteiger partial charge < -0.3 is 19.5 Å². The third-order valence-corrected chi connectivity index (χ3v) is 10.5. The molecule has 0 spiro atoms. The van der Waals surface area contributed by atoms with Gasteiger partial charge in [-0.25, -0.2) is 32.1 Å². The van der Waals surface area contributed by atoms with Crippen molar-refractivity contribution in [3.8, 4) is 22.5 Å². The van der Waals surface area contributed by atoms with Crippen LogP contribution in [0.1, 0.15) is 36.6 Å². The van der Waals surface area contributed by atoms with E-state index in [1.807, 2.05) is 56.3 Å². The minimum absolute atomic E-state index is 0.0209. The summed E-state index contributed by atoms with van der Waals surface area (Å²) in [6.45, 7) is 6.32. The lowest BCUT2D eigenvalue weighted by molar-refractivity contribution is 0.0695. The minimum atomic E-state index is -4.03. The molecular weight excluding hydrogens is 643 g/mol. The van der Waals surface area contributed by atoms with Gasteiger partial charge in [0.2, 0.25) is 5.95 Å². The summed E-state index contributed by atoms with van der Waals surface area (Å²) in [7, 11) is -4.03. The van der Waals surface area contributed by atoms with E-state index in [0.717, 1.165) is 24.0 Å². The summed E-state index contributed by atoms with van der Waals surface area (Å²) >= 11 is 0. The van der Waals surface area contributed by atoms with Crippen molar-refractivity contribution in [1.29, 1.82) is 0 Å². The van der Waals surface area contributed by atoms with E-state index >= 15 is 0 Å². The Balaban J connectivity index is 1.21. The van der Waals surface area contributed by atoms with Gasteiger partial charge in [0.05, 0.1) is 27.5 Å². The van der Waals surface area contributed by atoms with Gasteiger partial charge in [-0.05, 0) is 69.0 Å². The standard InChI is InChI=1S/C36H35N7O5S/c1-23-18-37-35(38-27-15-14-24(2)42(19-27)36(44)47-21-26-10-6-4-7-11-26)40-33(23)30-20-43(49(45,46)28-12-8-5-9-13-28)34-29(30)16-17-32(39-34)31-22-48-41-25(31)3/h4-13,16-18,20,22,24,27H,14-15,19,21H2,1-3H3,(H,37,38,40)/t24-,27-/m1/s1. The zero-order valence-electron chi connectivity index (χ0n) is 27.3. The van der Waals surface area contributed by atoms with E-state index in [2.05, 4.69) is 15.5 Å². The number of piperidine rings is 1. The number of ether oxygens (including phenoxy) is 1. The molecule has 1 saturated heterocycles. The molecule has 0 saturated carbocycles. The predicted molar refractivity (Wildman–Crippen MR) is 184 cm³/mol. The molecule has 1 aliphatic heterocycles. The van der Waals surface area contributed by atoms with Crippen LogP contribution in [-0.2, 0) is 21.4 Å². The Morgan fingerprint density at radius 1 is 0.980 bits per heavy atom. The van der Waals surface area contributed by atoms with Gasteiger partial charge in [-0.3, -0.25) is 0 Å². The molecule has 1 aliphatic rings. The number of aryl methyl sites for hydroxylation is 2. The number of carbonyl (C=O) groups is 1. The molecule has 250 valence electrons. The van der Waals surface area contributed by atoms with Crippen molar-refractivity contribution in [2.24, 2.45) is 0 Å². The first-order chi connectivity index (χ1) is 23.7. The van der Waals surface area contributed by atoms with Gasteiger partial charge in [0.25, 0.3) is 10.0 Å². The molecule has 4 aromatic heterocycles. The smallest absolute Gasteiger partial charge is 0.410 e. The molecule has 7 rings (SSSR count). The fourth-order valence-electron chi connectivity index (χ4n) is 6.09. The zero-order chi connectivity index (χ0) is 34.1. The van der Waals surface area contributed by atoms with Crippen molar-refractivity contribution >= 4 is 33.1 Å². The molecule has 0 radical (unpaired) electrons. The zero-order valence-corrected chi connectivity index (χ0v) is 28.1. The third kappa shape index (κ3) is 6.36. The SMILES string of the molecule is Cc1cnc(N[C@@H]2CC[C@@H](C)N(C(=O)OCc3ccccc3)C2)nc1-c1cn(S(=O)(=O)c2ccccc2)c2nc(-c3conc3C)ccc12. The molecule has 2 atom stereocenters. The van der Waals surface area contributed by atoms with Crippen LogP contribution in [0.3, 0.4) is 0 Å². The van der Waals surface area contributed by atoms with Crippen LogP contribution in [0.5, 0.6) is 0 Å². The molecule has 13 heteroatoms. The second-order valence-electron chi connectivity index (χ2n) is 12.2. The normalized spacial score (nSPS) is 16.5. The fraction of sp³-hybridized carbons (Fsp3) is 0.250.